The largest absolute Gasteiger partial charge is 0.417 e. The molecule has 13 nitrogen and oxygen atoms in total. The predicted molar refractivity (Wildman–Crippen MR) is 369 cm³/mol. The first-order valence-electron chi connectivity index (χ1n) is 34.9. The van der Waals surface area contributed by atoms with E-state index in [1.165, 1.54) is 41.8 Å². The van der Waals surface area contributed by atoms with Gasteiger partial charge in [0.2, 0.25) is 5.91 Å². The number of halogens is 4. The number of carbonyl (C=O) groups is 1. The summed E-state index contributed by atoms with van der Waals surface area (Å²) < 4.78 is 41.1. The maximum atomic E-state index is 14.7. The van der Waals surface area contributed by atoms with Gasteiger partial charge < -0.3 is 51.5 Å². The summed E-state index contributed by atoms with van der Waals surface area (Å²) in [5.74, 6) is 1.67. The number of alkyl halides is 3. The number of likely N-dealkylation sites (N-methyl/N-ethyl adjacent to an activating group) is 1. The Bertz CT molecular complexity index is 2680. The molecule has 504 valence electrons. The molecular weight excluding hydrogens is 1150 g/mol. The first-order chi connectivity index (χ1) is 42.9. The van der Waals surface area contributed by atoms with E-state index in [2.05, 4.69) is 183 Å². The Hall–Kier alpha value is -4.42. The molecule has 12 atom stereocenters. The highest BCUT2D eigenvalue weighted by molar-refractivity contribution is 6.31. The number of aryl methyl sites for hydroxylation is 2. The van der Waals surface area contributed by atoms with E-state index in [1.807, 2.05) is 25.5 Å². The lowest BCUT2D eigenvalue weighted by atomic mass is 9.74. The van der Waals surface area contributed by atoms with Crippen molar-refractivity contribution < 1.29 is 18.0 Å². The van der Waals surface area contributed by atoms with Gasteiger partial charge in [0, 0.05) is 175 Å². The molecule has 90 heavy (non-hydrogen) atoms. The number of amides is 1. The molecule has 1 saturated carbocycles. The lowest BCUT2D eigenvalue weighted by Crippen LogP contribution is -2.76. The molecule has 0 aromatic heterocycles. The molecule has 17 heteroatoms. The number of nitrogens with zero attached hydrogens (tertiary/aromatic N) is 6. The van der Waals surface area contributed by atoms with Gasteiger partial charge in [-0.05, 0) is 153 Å². The third-order valence-corrected chi connectivity index (χ3v) is 21.3. The van der Waals surface area contributed by atoms with Crippen LogP contribution in [-0.2, 0) is 23.8 Å². The predicted octanol–water partition coefficient (Wildman–Crippen LogP) is 12.9. The summed E-state index contributed by atoms with van der Waals surface area (Å²) in [6, 6.07) is 14.6. The Morgan fingerprint density at radius 2 is 1.50 bits per heavy atom. The van der Waals surface area contributed by atoms with E-state index in [-0.39, 0.29) is 70.9 Å². The molecule has 4 heterocycles. The van der Waals surface area contributed by atoms with Crippen molar-refractivity contribution in [2.45, 2.75) is 239 Å². The van der Waals surface area contributed by atoms with Gasteiger partial charge in [0.05, 0.1) is 16.5 Å². The number of carbonyl (C=O) groups excluding carboxylic acids is 1. The molecule has 1 amide bonds. The van der Waals surface area contributed by atoms with Crippen LogP contribution in [0.25, 0.3) is 0 Å². The van der Waals surface area contributed by atoms with Crippen LogP contribution in [0.1, 0.15) is 175 Å². The molecule has 1 spiro atoms. The third kappa shape index (κ3) is 20.3. The maximum absolute atomic E-state index is 14.7. The Morgan fingerprint density at radius 1 is 0.800 bits per heavy atom. The van der Waals surface area contributed by atoms with Crippen LogP contribution in [0.15, 0.2) is 95.9 Å². The van der Waals surface area contributed by atoms with Crippen LogP contribution < -0.4 is 31.9 Å². The van der Waals surface area contributed by atoms with Crippen LogP contribution >= 0.6 is 11.6 Å². The fourth-order valence-corrected chi connectivity index (χ4v) is 15.3. The minimum absolute atomic E-state index is 0.0486. The van der Waals surface area contributed by atoms with Crippen LogP contribution in [0.4, 0.5) is 13.2 Å². The Balaban J connectivity index is 1.20. The second-order valence-electron chi connectivity index (χ2n) is 28.3. The zero-order chi connectivity index (χ0) is 65.3. The molecular formula is C73H118ClF3N12O. The van der Waals surface area contributed by atoms with Gasteiger partial charge in [0.1, 0.15) is 0 Å². The van der Waals surface area contributed by atoms with Gasteiger partial charge in [-0.1, -0.05) is 115 Å². The van der Waals surface area contributed by atoms with Crippen LogP contribution in [0.2, 0.25) is 5.02 Å². The fraction of sp³-hybridized carbons (Fsp3) is 0.699. The number of hydrogen-bond acceptors (Lipinski definition) is 12. The minimum Gasteiger partial charge on any atom is -0.390 e. The number of nitrogens with one attached hydrogen (secondary N) is 6. The maximum Gasteiger partial charge on any atom is 0.417 e. The van der Waals surface area contributed by atoms with Crippen molar-refractivity contribution in [2.75, 3.05) is 66.5 Å². The van der Waals surface area contributed by atoms with Crippen LogP contribution in [-0.4, -0.2) is 162 Å². The number of allylic oxidation sites excluding steroid dienone is 3. The molecule has 1 aliphatic carbocycles. The third-order valence-electron chi connectivity index (χ3n) is 21.0. The number of likely N-dealkylation sites (tertiary alicyclic amines) is 1. The van der Waals surface area contributed by atoms with Crippen molar-refractivity contribution in [3.63, 3.8) is 0 Å². The van der Waals surface area contributed by atoms with E-state index in [1.54, 1.807) is 6.20 Å². The van der Waals surface area contributed by atoms with E-state index < -0.39 is 11.7 Å². The summed E-state index contributed by atoms with van der Waals surface area (Å²) in [6.45, 7) is 34.9. The average molecular weight is 1270 g/mol. The van der Waals surface area contributed by atoms with Crippen molar-refractivity contribution in [1.29, 1.82) is 0 Å². The minimum atomic E-state index is -4.53. The van der Waals surface area contributed by atoms with E-state index in [0.717, 1.165) is 127 Å². The molecule has 0 radical (unpaired) electrons. The zero-order valence-corrected chi connectivity index (χ0v) is 58.4. The van der Waals surface area contributed by atoms with Crippen molar-refractivity contribution in [1.82, 2.24) is 56.4 Å². The summed E-state index contributed by atoms with van der Waals surface area (Å²) in [6.07, 6.45) is 21.4. The Morgan fingerprint density at radius 3 is 2.17 bits per heavy atom. The molecule has 2 aromatic carbocycles. The number of rotatable bonds is 12. The van der Waals surface area contributed by atoms with Gasteiger partial charge in [-0.15, -0.1) is 0 Å². The molecule has 4 fully saturated rings. The monoisotopic (exact) mass is 1270 g/mol. The van der Waals surface area contributed by atoms with E-state index in [0.29, 0.717) is 48.6 Å². The fourth-order valence-electron chi connectivity index (χ4n) is 15.0. The summed E-state index contributed by atoms with van der Waals surface area (Å²) in [7, 11) is 4.19. The van der Waals surface area contributed by atoms with E-state index in [9.17, 15) is 18.0 Å². The topological polar surface area (TPSA) is 118 Å². The van der Waals surface area contributed by atoms with Gasteiger partial charge in [0.15, 0.2) is 0 Å². The van der Waals surface area contributed by atoms with E-state index >= 15 is 0 Å². The SMILES string of the molecule is CC[C@H](C)[C@H]1C(C)NC2(CCCC2)CNCCNC=CC(CCc2ccc(C(F)(F)F)c(Cl)c2)=NC=CN(C)C=C(Cc2ccc(C)cc2)N(C)C=C2CCCN2[C@@H](C)C(C)N[C@@H]([C@@H](C)CC)CN[C@@H](CC(C)C)C(C)NCC2[C@@H](C(=O)N3CCCC3)C(C)N21. The van der Waals surface area contributed by atoms with Gasteiger partial charge >= 0.3 is 6.18 Å². The zero-order valence-electron chi connectivity index (χ0n) is 57.7. The molecule has 3 saturated heterocycles. The molecule has 2 aromatic rings. The number of benzene rings is 2. The van der Waals surface area contributed by atoms with Gasteiger partial charge in [0.25, 0.3) is 0 Å². The van der Waals surface area contributed by atoms with Crippen molar-refractivity contribution >= 4 is 23.2 Å². The second-order valence-corrected chi connectivity index (χ2v) is 28.7. The summed E-state index contributed by atoms with van der Waals surface area (Å²) in [4.78, 5) is 31.6. The smallest absolute Gasteiger partial charge is 0.390 e. The number of fused-ring (bicyclic) bond motifs is 2. The Labute approximate surface area is 547 Å². The molecule has 6 N–H and O–H groups in total. The molecule has 5 aliphatic rings. The first kappa shape index (κ1) is 73.0. The average Bonchev–Trinajstić information content (AvgIpc) is 0.882. The summed E-state index contributed by atoms with van der Waals surface area (Å²) in [5, 5.41) is 23.9. The Kier molecular flexibility index (Phi) is 28.1. The van der Waals surface area contributed by atoms with Crippen molar-refractivity contribution in [2.24, 2.45) is 28.7 Å². The van der Waals surface area contributed by atoms with Gasteiger partial charge in [-0.25, -0.2) is 0 Å². The summed E-state index contributed by atoms with van der Waals surface area (Å²) >= 11 is 6.20. The van der Waals surface area contributed by atoms with Gasteiger partial charge in [-0.3, -0.25) is 14.7 Å². The second kappa shape index (κ2) is 34.7. The van der Waals surface area contributed by atoms with Gasteiger partial charge in [-0.2, -0.15) is 13.2 Å². The highest BCUT2D eigenvalue weighted by Crippen LogP contribution is 2.42. The summed E-state index contributed by atoms with van der Waals surface area (Å²) in [5.41, 5.74) is 5.50. The molecule has 0 bridgehead atoms. The normalized spacial score (nSPS) is 28.8. The van der Waals surface area contributed by atoms with E-state index in [4.69, 9.17) is 16.6 Å². The highest BCUT2D eigenvalue weighted by atomic mass is 35.5. The highest BCUT2D eigenvalue weighted by Gasteiger charge is 2.55. The van der Waals surface area contributed by atoms with Crippen LogP contribution in [0.5, 0.6) is 0 Å². The first-order valence-corrected chi connectivity index (χ1v) is 35.2. The molecule has 4 aliphatic heterocycles. The lowest BCUT2D eigenvalue weighted by Gasteiger charge is -2.60. The molecule has 5 unspecified atom stereocenters. The van der Waals surface area contributed by atoms with Crippen molar-refractivity contribution in [3.05, 3.63) is 118 Å². The van der Waals surface area contributed by atoms with Crippen LogP contribution in [0, 0.1) is 30.6 Å². The quantitative estimate of drug-likeness (QED) is 0.122. The molecule has 7 rings (SSSR count). The number of aliphatic imine (C=N–C) groups is 1. The number of hydrogen-bond donors (Lipinski definition) is 6. The van der Waals surface area contributed by atoms with Crippen LogP contribution in [0.3, 0.4) is 0 Å². The van der Waals surface area contributed by atoms with Crippen molar-refractivity contribution in [3.8, 4) is 0 Å². The standard InChI is InChI=1S/C73H118ClF3N12O/c1-15-52(6)67-45-82-66(42-50(3)4)55(9)81-46-68-69(71(90)87-38-19-20-39-87)58(12)89(68)70(53(7)16-2)56(10)84-72(32-17-18-33-72)49-79-36-35-78-34-31-61(29-27-60-28-30-64(65(74)44-60)73(75,76)77)80-37-41-85(13)47-63(43-59-25-23-51(5)24-26-59)86(14)48-62-22-21-40-88(62)57(11)54(8)83-67/h23-26,28,30-31,34,37,41,44,47-48,50,52-58,66-70,78-79,81-84H,15-22,27,29,32-33,35-36,38-40,42-43,45-46,49H2,1-14H3/t52-,53-,54?,55?,56?,57-,58?,66-,67+,68?,69-,70-/m0/s1. The lowest BCUT2D eigenvalue weighted by molar-refractivity contribution is -0.160.